The van der Waals surface area contributed by atoms with Gasteiger partial charge in [0.15, 0.2) is 0 Å². The number of hydrogen-bond donors (Lipinski definition) is 0. The van der Waals surface area contributed by atoms with Gasteiger partial charge in [-0.2, -0.15) is 6.07 Å². The first-order chi connectivity index (χ1) is 39.6. The molecular weight excluding hydrogens is 1080 g/mol. The zero-order chi connectivity index (χ0) is 58.6. The Hall–Kier alpha value is -7.98. The van der Waals surface area contributed by atoms with Gasteiger partial charge >= 0.3 is 0 Å². The number of benzene rings is 9. The second kappa shape index (κ2) is 19.5. The van der Waals surface area contributed by atoms with Crippen LogP contribution in [0, 0.1) is 18.8 Å². The Kier molecular flexibility index (Phi) is 9.92. The van der Waals surface area contributed by atoms with E-state index in [0.29, 0.717) is 22.7 Å². The van der Waals surface area contributed by atoms with Crippen molar-refractivity contribution in [1.82, 2.24) is 4.98 Å². The maximum atomic E-state index is 9.23. The minimum absolute atomic E-state index is 0. The quantitative estimate of drug-likeness (QED) is 0.141. The molecule has 0 unspecified atom stereocenters. The Labute approximate surface area is 465 Å². The van der Waals surface area contributed by atoms with Crippen LogP contribution in [0.5, 0.6) is 0 Å². The van der Waals surface area contributed by atoms with Gasteiger partial charge in [-0.05, 0) is 75.5 Å². The van der Waals surface area contributed by atoms with Crippen molar-refractivity contribution in [2.24, 2.45) is 0 Å². The molecule has 0 N–H and O–H groups in total. The van der Waals surface area contributed by atoms with E-state index in [-0.39, 0.29) is 54.4 Å². The van der Waals surface area contributed by atoms with E-state index in [1.54, 1.807) is 23.1 Å². The van der Waals surface area contributed by atoms with E-state index in [9.17, 15) is 5.48 Å². The molecule has 3 heterocycles. The number of pyridine rings is 1. The van der Waals surface area contributed by atoms with Gasteiger partial charge in [0, 0.05) is 66.7 Å². The van der Waals surface area contributed by atoms with Crippen molar-refractivity contribution in [1.29, 1.82) is 0 Å². The zero-order valence-electron chi connectivity index (χ0n) is 51.7. The molecule has 0 amide bonds. The Morgan fingerprint density at radius 1 is 0.486 bits per heavy atom. The summed E-state index contributed by atoms with van der Waals surface area (Å²) < 4.78 is 88.9. The molecule has 12 rings (SSSR count). The van der Waals surface area contributed by atoms with Crippen molar-refractivity contribution in [2.45, 2.75) is 52.4 Å². The number of rotatable bonds is 8. The van der Waals surface area contributed by atoms with E-state index < -0.39 is 65.8 Å². The zero-order valence-corrected chi connectivity index (χ0v) is 44.0. The first kappa shape index (κ1) is 37.7. The summed E-state index contributed by atoms with van der Waals surface area (Å²) in [6.45, 7) is 14.9. The van der Waals surface area contributed by atoms with Gasteiger partial charge in [-0.15, -0.1) is 53.8 Å². The summed E-state index contributed by atoms with van der Waals surface area (Å²) >= 11 is 0. The molecule has 0 saturated heterocycles. The minimum Gasteiger partial charge on any atom is -0.493 e. The van der Waals surface area contributed by atoms with Crippen LogP contribution in [0.15, 0.2) is 224 Å². The van der Waals surface area contributed by atoms with Gasteiger partial charge in [0.1, 0.15) is 5.82 Å². The first-order valence-corrected chi connectivity index (χ1v) is 24.4. The summed E-state index contributed by atoms with van der Waals surface area (Å²) in [5, 5.41) is 0. The number of nitrogens with zero attached hydrogens (tertiary/aromatic N) is 5. The first-order valence-electron chi connectivity index (χ1n) is 29.4. The second-order valence-corrected chi connectivity index (χ2v) is 20.3. The van der Waals surface area contributed by atoms with Gasteiger partial charge in [0.25, 0.3) is 0 Å². The van der Waals surface area contributed by atoms with Crippen LogP contribution >= 0.6 is 0 Å². The molecule has 10 aromatic rings. The Morgan fingerprint density at radius 3 is 1.68 bits per heavy atom. The smallest absolute Gasteiger partial charge is 0.135 e. The Morgan fingerprint density at radius 2 is 1.04 bits per heavy atom. The standard InChI is InChI=1S/C68H56N5.Pt/c1-67(2,3)49-39-40-69-65(43-49)73-61-34-19-18-31-59(61)57-29-16-17-30-58(57)60-38-37-52(45-64(60)73)72(51-27-14-9-15-28-51)54-42-50(68(4,5)6)41-53(44-54)70-46-71(63-36-21-20-35-62(63)70)66-55(47-23-10-7-11-24-47)32-22-33-56(66)48-25-12-8-13-26-48;/h7-43,46H,1-6H3;/q-3;/i7D,8D,10D,11D,12D,13D,23D,24D,25D,26D;. The molecule has 2 aliphatic rings. The van der Waals surface area contributed by atoms with Gasteiger partial charge < -0.3 is 19.6 Å². The predicted octanol–water partition coefficient (Wildman–Crippen LogP) is 18.6. The number of fused-ring (bicyclic) bond motifs is 6. The average molecular weight is 1150 g/mol. The van der Waals surface area contributed by atoms with Gasteiger partial charge in [-0.1, -0.05) is 216 Å². The number of hydrogen-bond acceptors (Lipinski definition) is 5. The van der Waals surface area contributed by atoms with Crippen LogP contribution in [0.3, 0.4) is 0 Å². The van der Waals surface area contributed by atoms with E-state index >= 15 is 0 Å². The summed E-state index contributed by atoms with van der Waals surface area (Å²) in [4.78, 5) is 13.2. The Balaban J connectivity index is 0.00000736. The third-order valence-electron chi connectivity index (χ3n) is 13.5. The Bertz CT molecular complexity index is 4130. The molecular formula is C68H56N5Pt-3. The van der Waals surface area contributed by atoms with Crippen LogP contribution in [-0.4, -0.2) is 4.98 Å². The molecule has 1 aromatic heterocycles. The van der Waals surface area contributed by atoms with Crippen molar-refractivity contribution in [2.75, 3.05) is 19.6 Å². The van der Waals surface area contributed by atoms with Crippen LogP contribution in [0.1, 0.15) is 66.4 Å². The summed E-state index contributed by atoms with van der Waals surface area (Å²) in [6, 6.07) is 54.9. The molecule has 366 valence electrons. The van der Waals surface area contributed by atoms with Crippen molar-refractivity contribution < 1.29 is 34.8 Å². The molecule has 0 saturated carbocycles. The molecule has 0 atom stereocenters. The van der Waals surface area contributed by atoms with E-state index in [0.717, 1.165) is 61.9 Å². The molecule has 6 heteroatoms. The number of anilines is 10. The summed E-state index contributed by atoms with van der Waals surface area (Å²) in [6.07, 6.45) is 1.88. The van der Waals surface area contributed by atoms with E-state index in [1.807, 2.05) is 60.2 Å². The van der Waals surface area contributed by atoms with Gasteiger partial charge in [-0.3, -0.25) is 0 Å². The third kappa shape index (κ3) is 8.80. The van der Waals surface area contributed by atoms with Gasteiger partial charge in [0.2, 0.25) is 0 Å². The SMILES string of the molecule is [2H]c1c([2H])c([2H])c(-c2cccc(-c3c([2H])c([2H])c([2H])c([2H])c3[2H])c2N2[CH-]N(c3[c-]c(N(c4[c-]c5c(cc4)-c4ccccc4-c4ccccc4N5c4cc(C(C)(C)C)ccn4)c4ccccc4)cc(C(C)(C)C)c3)c3ccccc32)c([2H])c1[2H].[Pt]. The minimum atomic E-state index is -0.565. The van der Waals surface area contributed by atoms with Crippen LogP contribution < -0.4 is 19.6 Å². The molecule has 5 nitrogen and oxygen atoms in total. The molecule has 0 aliphatic carbocycles. The van der Waals surface area contributed by atoms with Gasteiger partial charge in [0.05, 0.1) is 19.4 Å². The molecule has 0 bridgehead atoms. The largest absolute Gasteiger partial charge is 0.493 e. The predicted molar refractivity (Wildman–Crippen MR) is 305 cm³/mol. The van der Waals surface area contributed by atoms with Crippen LogP contribution in [0.2, 0.25) is 0 Å². The fourth-order valence-electron chi connectivity index (χ4n) is 9.88. The fourth-order valence-corrected chi connectivity index (χ4v) is 9.88. The third-order valence-corrected chi connectivity index (χ3v) is 13.5. The molecule has 0 fully saturated rings. The van der Waals surface area contributed by atoms with E-state index in [2.05, 4.69) is 161 Å². The normalized spacial score (nSPS) is 14.6. The molecule has 9 aromatic carbocycles. The van der Waals surface area contributed by atoms with Crippen molar-refractivity contribution in [3.05, 3.63) is 254 Å². The number of para-hydroxylation sites is 5. The maximum Gasteiger partial charge on any atom is 0.135 e. The van der Waals surface area contributed by atoms with Crippen LogP contribution in [-0.2, 0) is 31.9 Å². The second-order valence-electron chi connectivity index (χ2n) is 20.3. The molecule has 74 heavy (non-hydrogen) atoms. The maximum absolute atomic E-state index is 9.23. The topological polar surface area (TPSA) is 25.9 Å². The molecule has 2 aliphatic heterocycles. The van der Waals surface area contributed by atoms with Gasteiger partial charge in [-0.25, -0.2) is 4.98 Å². The van der Waals surface area contributed by atoms with E-state index in [1.165, 1.54) is 0 Å². The van der Waals surface area contributed by atoms with Crippen molar-refractivity contribution in [3.8, 4) is 44.5 Å². The fraction of sp³-hybridized carbons (Fsp3) is 0.118. The van der Waals surface area contributed by atoms with E-state index in [4.69, 9.17) is 13.2 Å². The number of aromatic nitrogens is 1. The molecule has 0 radical (unpaired) electrons. The van der Waals surface area contributed by atoms with Crippen LogP contribution in [0.4, 0.5) is 57.0 Å². The summed E-state index contributed by atoms with van der Waals surface area (Å²) in [7, 11) is 0. The monoisotopic (exact) mass is 1150 g/mol. The summed E-state index contributed by atoms with van der Waals surface area (Å²) in [5.41, 5.74) is 11.9. The molecule has 0 spiro atoms. The van der Waals surface area contributed by atoms with Crippen molar-refractivity contribution >= 4 is 57.0 Å². The van der Waals surface area contributed by atoms with Crippen molar-refractivity contribution in [3.63, 3.8) is 0 Å². The van der Waals surface area contributed by atoms with Crippen LogP contribution in [0.25, 0.3) is 44.5 Å². The summed E-state index contributed by atoms with van der Waals surface area (Å²) in [5.74, 6) is 0.748. The average Bonchev–Trinajstić information content (AvgIpc) is 1.99.